The van der Waals surface area contributed by atoms with E-state index in [0.29, 0.717) is 34.5 Å². The van der Waals surface area contributed by atoms with E-state index in [4.69, 9.17) is 53.0 Å². The number of carbonyl (C=O) groups excluding carboxylic acids is 1. The Bertz CT molecular complexity index is 2670. The Hall–Kier alpha value is -4.74. The first-order valence-electron chi connectivity index (χ1n) is 24.0. The van der Waals surface area contributed by atoms with E-state index in [2.05, 4.69) is 78.6 Å². The zero-order valence-corrected chi connectivity index (χ0v) is 42.6. The summed E-state index contributed by atoms with van der Waals surface area (Å²) in [4.78, 5) is 41.3. The molecule has 0 saturated carbocycles. The van der Waals surface area contributed by atoms with Gasteiger partial charge in [0.2, 0.25) is 0 Å². The average Bonchev–Trinajstić information content (AvgIpc) is 4.19. The number of aromatic nitrogens is 8. The van der Waals surface area contributed by atoms with Crippen LogP contribution in [0.25, 0.3) is 22.3 Å². The van der Waals surface area contributed by atoms with Gasteiger partial charge in [-0.3, -0.25) is 13.9 Å². The van der Waals surface area contributed by atoms with Crippen LogP contribution in [-0.2, 0) is 37.3 Å². The normalized spacial score (nSPS) is 26.7. The lowest BCUT2D eigenvalue weighted by Gasteiger charge is -2.35. The van der Waals surface area contributed by atoms with E-state index < -0.39 is 83.4 Å². The minimum Gasteiger partial charge on any atom is -0.414 e. The summed E-state index contributed by atoms with van der Waals surface area (Å²) in [6.45, 7) is 21.0. The highest BCUT2D eigenvalue weighted by atomic mass is 28.4. The number of ether oxygens (including phenoxy) is 6. The minimum atomic E-state index is -2.42. The van der Waals surface area contributed by atoms with Gasteiger partial charge < -0.3 is 48.3 Å². The van der Waals surface area contributed by atoms with Crippen molar-refractivity contribution in [1.82, 2.24) is 39.0 Å². The smallest absolute Gasteiger partial charge is 0.256 e. The number of benzene rings is 1. The molecule has 4 aliphatic heterocycles. The number of nitrogen functional groups attached to an aromatic ring is 1. The molecule has 0 unspecified atom stereocenters. The van der Waals surface area contributed by atoms with Crippen LogP contribution in [0.5, 0.6) is 0 Å². The molecule has 8 heterocycles. The molecule has 9 rings (SSSR count). The maximum atomic E-state index is 13.6. The maximum absolute atomic E-state index is 13.6. The predicted molar refractivity (Wildman–Crippen MR) is 257 cm³/mol. The topological polar surface area (TPSA) is 216 Å². The fourth-order valence-corrected chi connectivity index (χ4v) is 15.5. The second kappa shape index (κ2) is 18.9. The summed E-state index contributed by atoms with van der Waals surface area (Å²) in [5, 5.41) is 2.97. The Kier molecular flexibility index (Phi) is 13.4. The van der Waals surface area contributed by atoms with Crippen LogP contribution >= 0.6 is 0 Å². The third-order valence-electron chi connectivity index (χ3n) is 14.3. The van der Waals surface area contributed by atoms with Crippen LogP contribution in [0.1, 0.15) is 97.9 Å². The average molecular weight is 969 g/mol. The van der Waals surface area contributed by atoms with Crippen molar-refractivity contribution in [3.8, 4) is 11.8 Å². The molecule has 3 N–H and O–H groups in total. The van der Waals surface area contributed by atoms with Gasteiger partial charge in [-0.1, -0.05) is 65.7 Å². The lowest BCUT2D eigenvalue weighted by Crippen LogP contribution is -2.47. The lowest BCUT2D eigenvalue weighted by molar-refractivity contribution is -0.202. The fraction of sp³-hybridized carbons (Fsp3) is 0.596. The molecule has 68 heavy (non-hydrogen) atoms. The van der Waals surface area contributed by atoms with Crippen LogP contribution in [0.3, 0.4) is 0 Å². The fourth-order valence-electron chi connectivity index (χ4n) is 10.1. The maximum Gasteiger partial charge on any atom is 0.256 e. The SMILES string of the molecule is CC[Si](CC)(CC)OC[C@H]1O[C@@H](n2c(C#C[C@@H](O[Si](CC)(CC)CC)[C@H]3O[C@@H](n4cnc5c(N)ncnc54)[C@@H]4OC(C)(C)O[C@@H]43)nc3c(NC(=O)c4ccccc4)ncnc32)[C@@H]2OC(C)(C)O[C@@H]21. The minimum absolute atomic E-state index is 0.205. The first kappa shape index (κ1) is 48.3. The highest BCUT2D eigenvalue weighted by Crippen LogP contribution is 2.47. The van der Waals surface area contributed by atoms with E-state index in [1.807, 2.05) is 38.3 Å². The van der Waals surface area contributed by atoms with Crippen LogP contribution in [-0.4, -0.2) is 122 Å². The molecule has 4 aromatic heterocycles. The molecule has 364 valence electrons. The van der Waals surface area contributed by atoms with Gasteiger partial charge in [0.15, 0.2) is 74.9 Å². The molecule has 19 nitrogen and oxygen atoms in total. The predicted octanol–water partition coefficient (Wildman–Crippen LogP) is 7.10. The third kappa shape index (κ3) is 8.88. The Labute approximate surface area is 398 Å². The van der Waals surface area contributed by atoms with Gasteiger partial charge in [-0.15, -0.1) is 0 Å². The van der Waals surface area contributed by atoms with Gasteiger partial charge >= 0.3 is 0 Å². The third-order valence-corrected chi connectivity index (χ3v) is 23.5. The van der Waals surface area contributed by atoms with Crippen molar-refractivity contribution >= 4 is 56.5 Å². The van der Waals surface area contributed by atoms with Gasteiger partial charge in [0, 0.05) is 5.56 Å². The molecule has 21 heteroatoms. The molecule has 0 spiro atoms. The number of rotatable bonds is 16. The van der Waals surface area contributed by atoms with E-state index in [1.54, 1.807) is 35.2 Å². The van der Waals surface area contributed by atoms with Crippen LogP contribution < -0.4 is 11.1 Å². The van der Waals surface area contributed by atoms with Crippen LogP contribution in [0.15, 0.2) is 49.3 Å². The van der Waals surface area contributed by atoms with E-state index in [9.17, 15) is 4.79 Å². The zero-order chi connectivity index (χ0) is 48.2. The van der Waals surface area contributed by atoms with Crippen LogP contribution in [0.2, 0.25) is 36.3 Å². The van der Waals surface area contributed by atoms with Gasteiger partial charge in [-0.2, -0.15) is 0 Å². The summed E-state index contributed by atoms with van der Waals surface area (Å²) < 4.78 is 58.4. The summed E-state index contributed by atoms with van der Waals surface area (Å²) in [5.41, 5.74) is 8.31. The van der Waals surface area contributed by atoms with Crippen molar-refractivity contribution in [2.24, 2.45) is 0 Å². The number of fused-ring (bicyclic) bond motifs is 4. The number of imidazole rings is 2. The molecule has 0 bridgehead atoms. The van der Waals surface area contributed by atoms with Gasteiger partial charge in [0.1, 0.15) is 60.9 Å². The second-order valence-electron chi connectivity index (χ2n) is 18.9. The molecule has 9 atom stereocenters. The lowest BCUT2D eigenvalue weighted by atomic mass is 10.1. The first-order valence-corrected chi connectivity index (χ1v) is 29.0. The van der Waals surface area contributed by atoms with Crippen molar-refractivity contribution < 1.29 is 42.1 Å². The molecule has 4 aliphatic rings. The Balaban J connectivity index is 1.17. The quantitative estimate of drug-likeness (QED) is 0.0745. The summed E-state index contributed by atoms with van der Waals surface area (Å²) in [6.07, 6.45) is -1.45. The van der Waals surface area contributed by atoms with Crippen molar-refractivity contribution in [2.45, 2.75) is 172 Å². The highest BCUT2D eigenvalue weighted by molar-refractivity contribution is 6.74. The van der Waals surface area contributed by atoms with Crippen molar-refractivity contribution in [3.05, 3.63) is 60.7 Å². The summed E-state index contributed by atoms with van der Waals surface area (Å²) in [6, 6.07) is 14.4. The van der Waals surface area contributed by atoms with Crippen LogP contribution in [0, 0.1) is 11.8 Å². The Morgan fingerprint density at radius 3 is 2.06 bits per heavy atom. The number of nitrogens with one attached hydrogen (secondary N) is 1. The largest absolute Gasteiger partial charge is 0.414 e. The molecule has 1 amide bonds. The van der Waals surface area contributed by atoms with Crippen molar-refractivity contribution in [3.63, 3.8) is 0 Å². The summed E-state index contributed by atoms with van der Waals surface area (Å²) in [7, 11) is -4.44. The number of amides is 1. The molecule has 1 aromatic carbocycles. The second-order valence-corrected chi connectivity index (χ2v) is 28.4. The van der Waals surface area contributed by atoms with E-state index in [-0.39, 0.29) is 23.4 Å². The van der Waals surface area contributed by atoms with Crippen molar-refractivity contribution in [1.29, 1.82) is 0 Å². The molecular weight excluding hydrogens is 905 g/mol. The Morgan fingerprint density at radius 2 is 1.38 bits per heavy atom. The number of hydrogen-bond acceptors (Lipinski definition) is 16. The van der Waals surface area contributed by atoms with Crippen LogP contribution in [0.4, 0.5) is 11.6 Å². The van der Waals surface area contributed by atoms with Gasteiger partial charge in [0.05, 0.1) is 12.9 Å². The molecular formula is C47H64N10O9Si2. The van der Waals surface area contributed by atoms with Gasteiger partial charge in [-0.25, -0.2) is 29.9 Å². The monoisotopic (exact) mass is 968 g/mol. The molecule has 0 radical (unpaired) electrons. The number of carbonyl (C=O) groups is 1. The number of hydrogen-bond donors (Lipinski definition) is 2. The molecule has 4 saturated heterocycles. The first-order chi connectivity index (χ1) is 32.6. The van der Waals surface area contributed by atoms with E-state index in [1.165, 1.54) is 12.7 Å². The number of nitrogens with two attached hydrogens (primary N) is 1. The number of anilines is 2. The van der Waals surface area contributed by atoms with Gasteiger partial charge in [-0.05, 0) is 82.0 Å². The zero-order valence-electron chi connectivity index (χ0n) is 40.6. The van der Waals surface area contributed by atoms with E-state index >= 15 is 0 Å². The van der Waals surface area contributed by atoms with Crippen molar-refractivity contribution in [2.75, 3.05) is 17.7 Å². The summed E-state index contributed by atoms with van der Waals surface area (Å²) in [5.74, 6) is 5.45. The van der Waals surface area contributed by atoms with E-state index in [0.717, 1.165) is 36.3 Å². The highest BCUT2D eigenvalue weighted by Gasteiger charge is 2.60. The Morgan fingerprint density at radius 1 is 0.765 bits per heavy atom. The molecule has 4 fully saturated rings. The number of nitrogens with zero attached hydrogens (tertiary/aromatic N) is 8. The summed E-state index contributed by atoms with van der Waals surface area (Å²) >= 11 is 0. The standard InChI is InChI=1S/C47H64N10O9Si2/c1-11-67(12-2,13-3)59-24-30-35-37(64-46(7,8)62-35)45(60-30)57-31(54-33-40(50-26-52-42(33)57)55-43(58)28-20-18-17-19-21-28)23-22-29(66-68(14-4,15-5)16-6)34-36-38(65-47(9,10)63-36)44(61-34)56-27-53-32-39(48)49-25-51-41(32)56/h17-21,25-27,29-30,34-38,44-45H,11-16,24H2,1-10H3,(H2,48,49,51)(H,50,52,55,58)/t29-,30-,34-,35-,36-,37-,38-,44-,45-/m1/s1. The van der Waals surface area contributed by atoms with Gasteiger partial charge in [0.25, 0.3) is 5.91 Å². The molecule has 0 aliphatic carbocycles. The molecule has 5 aromatic rings.